The van der Waals surface area contributed by atoms with Crippen molar-refractivity contribution in [2.45, 2.75) is 26.8 Å². The minimum Gasteiger partial charge on any atom is -0.324 e. The Kier molecular flexibility index (Phi) is 3.48. The normalized spacial score (nSPS) is 12.5. The second kappa shape index (κ2) is 4.91. The molecule has 0 aliphatic carbocycles. The molecule has 2 heteroatoms. The Morgan fingerprint density at radius 3 is 2.39 bits per heavy atom. The van der Waals surface area contributed by atoms with Gasteiger partial charge in [0, 0.05) is 6.04 Å². The first kappa shape index (κ1) is 12.8. The number of halogens is 1. The van der Waals surface area contributed by atoms with Crippen LogP contribution >= 0.6 is 0 Å². The summed E-state index contributed by atoms with van der Waals surface area (Å²) in [6.07, 6.45) is 0. The first-order valence-corrected chi connectivity index (χ1v) is 6.11. The minimum atomic E-state index is -0.227. The smallest absolute Gasteiger partial charge is 0.123 e. The van der Waals surface area contributed by atoms with Crippen molar-refractivity contribution in [2.75, 3.05) is 0 Å². The average molecular weight is 243 g/mol. The summed E-state index contributed by atoms with van der Waals surface area (Å²) in [6.45, 7) is 5.99. The molecule has 1 atom stereocenters. The van der Waals surface area contributed by atoms with Gasteiger partial charge >= 0.3 is 0 Å². The lowest BCUT2D eigenvalue weighted by molar-refractivity contribution is 0.626. The van der Waals surface area contributed by atoms with Gasteiger partial charge < -0.3 is 5.73 Å². The van der Waals surface area contributed by atoms with E-state index in [-0.39, 0.29) is 11.9 Å². The van der Waals surface area contributed by atoms with Gasteiger partial charge in [-0.15, -0.1) is 0 Å². The molecule has 0 aliphatic rings. The fourth-order valence-electron chi connectivity index (χ4n) is 2.18. The van der Waals surface area contributed by atoms with E-state index in [2.05, 4.69) is 18.2 Å². The van der Waals surface area contributed by atoms with E-state index in [1.54, 1.807) is 12.1 Å². The zero-order valence-corrected chi connectivity index (χ0v) is 11.0. The second-order valence-corrected chi connectivity index (χ2v) is 4.84. The molecule has 0 aliphatic heterocycles. The maximum Gasteiger partial charge on any atom is 0.123 e. The quantitative estimate of drug-likeness (QED) is 0.843. The largest absolute Gasteiger partial charge is 0.324 e. The van der Waals surface area contributed by atoms with Gasteiger partial charge in [-0.25, -0.2) is 4.39 Å². The van der Waals surface area contributed by atoms with Gasteiger partial charge in [-0.3, -0.25) is 0 Å². The molecule has 0 bridgehead atoms. The Hall–Kier alpha value is -1.67. The maximum absolute atomic E-state index is 13.5. The van der Waals surface area contributed by atoms with Gasteiger partial charge in [0.2, 0.25) is 0 Å². The lowest BCUT2D eigenvalue weighted by atomic mass is 9.92. The van der Waals surface area contributed by atoms with Crippen LogP contribution in [0.1, 0.15) is 29.7 Å². The summed E-state index contributed by atoms with van der Waals surface area (Å²) in [6, 6.07) is 10.9. The Morgan fingerprint density at radius 2 is 1.72 bits per heavy atom. The maximum atomic E-state index is 13.5. The van der Waals surface area contributed by atoms with Gasteiger partial charge in [-0.2, -0.15) is 0 Å². The summed E-state index contributed by atoms with van der Waals surface area (Å²) < 4.78 is 13.5. The van der Waals surface area contributed by atoms with Crippen molar-refractivity contribution in [3.05, 3.63) is 58.9 Å². The molecule has 2 N–H and O–H groups in total. The predicted molar refractivity (Wildman–Crippen MR) is 73.9 cm³/mol. The van der Waals surface area contributed by atoms with Gasteiger partial charge in [-0.05, 0) is 55.2 Å². The Balaban J connectivity index is 2.69. The molecule has 2 rings (SSSR count). The van der Waals surface area contributed by atoms with E-state index in [1.807, 2.05) is 20.8 Å². The van der Waals surface area contributed by atoms with Crippen LogP contribution in [0.4, 0.5) is 4.39 Å². The van der Waals surface area contributed by atoms with Crippen molar-refractivity contribution in [1.82, 2.24) is 0 Å². The fraction of sp³-hybridized carbons (Fsp3) is 0.250. The van der Waals surface area contributed by atoms with Crippen molar-refractivity contribution in [1.29, 1.82) is 0 Å². The van der Waals surface area contributed by atoms with Crippen LogP contribution in [0.5, 0.6) is 0 Å². The van der Waals surface area contributed by atoms with Crippen LogP contribution in [0.15, 0.2) is 36.4 Å². The third-order valence-electron chi connectivity index (χ3n) is 3.19. The first-order valence-electron chi connectivity index (χ1n) is 6.11. The molecule has 0 fully saturated rings. The second-order valence-electron chi connectivity index (χ2n) is 4.84. The van der Waals surface area contributed by atoms with E-state index < -0.39 is 0 Å². The number of aryl methyl sites for hydroxylation is 2. The van der Waals surface area contributed by atoms with E-state index in [9.17, 15) is 4.39 Å². The van der Waals surface area contributed by atoms with Crippen molar-refractivity contribution >= 4 is 0 Å². The van der Waals surface area contributed by atoms with E-state index in [4.69, 9.17) is 5.73 Å². The molecule has 0 amide bonds. The Morgan fingerprint density at radius 1 is 1.00 bits per heavy atom. The molecule has 2 aromatic carbocycles. The van der Waals surface area contributed by atoms with Gasteiger partial charge in [0.15, 0.2) is 0 Å². The van der Waals surface area contributed by atoms with Crippen molar-refractivity contribution in [3.8, 4) is 11.1 Å². The number of benzene rings is 2. The first-order chi connectivity index (χ1) is 8.49. The highest BCUT2D eigenvalue weighted by Gasteiger charge is 2.12. The zero-order chi connectivity index (χ0) is 13.3. The van der Waals surface area contributed by atoms with E-state index in [0.29, 0.717) is 0 Å². The molecule has 18 heavy (non-hydrogen) atoms. The highest BCUT2D eigenvalue weighted by Crippen LogP contribution is 2.31. The molecule has 0 saturated heterocycles. The number of hydrogen-bond acceptors (Lipinski definition) is 1. The van der Waals surface area contributed by atoms with Gasteiger partial charge in [-0.1, -0.05) is 29.8 Å². The fourth-order valence-corrected chi connectivity index (χ4v) is 2.18. The lowest BCUT2D eigenvalue weighted by Gasteiger charge is -2.15. The standard InChI is InChI=1S/C16H18FN/c1-10-4-5-11(2)15(8-10)16-9-13(17)6-7-14(16)12(3)18/h4-9,12H,18H2,1-3H3. The topological polar surface area (TPSA) is 26.0 Å². The molecular weight excluding hydrogens is 225 g/mol. The van der Waals surface area contributed by atoms with Gasteiger partial charge in [0.1, 0.15) is 5.82 Å². The molecule has 0 saturated carbocycles. The van der Waals surface area contributed by atoms with Crippen LogP contribution in [0, 0.1) is 19.7 Å². The van der Waals surface area contributed by atoms with E-state index >= 15 is 0 Å². The molecule has 0 aromatic heterocycles. The summed E-state index contributed by atoms with van der Waals surface area (Å²) in [7, 11) is 0. The highest BCUT2D eigenvalue weighted by molar-refractivity contribution is 5.71. The van der Waals surface area contributed by atoms with E-state index in [0.717, 1.165) is 27.8 Å². The number of nitrogens with two attached hydrogens (primary N) is 1. The highest BCUT2D eigenvalue weighted by atomic mass is 19.1. The molecule has 2 aromatic rings. The SMILES string of the molecule is Cc1ccc(C)c(-c2cc(F)ccc2C(C)N)c1. The third-order valence-corrected chi connectivity index (χ3v) is 3.19. The number of rotatable bonds is 2. The summed E-state index contributed by atoms with van der Waals surface area (Å²) in [5, 5.41) is 0. The Labute approximate surface area is 107 Å². The van der Waals surface area contributed by atoms with Crippen LogP contribution in [0.25, 0.3) is 11.1 Å². The van der Waals surface area contributed by atoms with Crippen molar-refractivity contribution in [2.24, 2.45) is 5.73 Å². The summed E-state index contributed by atoms with van der Waals surface area (Å²) in [4.78, 5) is 0. The average Bonchev–Trinajstić information content (AvgIpc) is 2.31. The van der Waals surface area contributed by atoms with Crippen LogP contribution in [0.2, 0.25) is 0 Å². The minimum absolute atomic E-state index is 0.111. The van der Waals surface area contributed by atoms with Gasteiger partial charge in [0.25, 0.3) is 0 Å². The zero-order valence-electron chi connectivity index (χ0n) is 11.0. The van der Waals surface area contributed by atoms with E-state index in [1.165, 1.54) is 6.07 Å². The summed E-state index contributed by atoms with van der Waals surface area (Å²) in [5.74, 6) is -0.227. The molecule has 0 heterocycles. The van der Waals surface area contributed by atoms with Crippen molar-refractivity contribution in [3.63, 3.8) is 0 Å². The van der Waals surface area contributed by atoms with Crippen LogP contribution in [-0.2, 0) is 0 Å². The number of hydrogen-bond donors (Lipinski definition) is 1. The Bertz CT molecular complexity index is 573. The third kappa shape index (κ3) is 2.44. The monoisotopic (exact) mass is 243 g/mol. The van der Waals surface area contributed by atoms with Gasteiger partial charge in [0.05, 0.1) is 0 Å². The van der Waals surface area contributed by atoms with Crippen molar-refractivity contribution < 1.29 is 4.39 Å². The van der Waals surface area contributed by atoms with Crippen LogP contribution in [-0.4, -0.2) is 0 Å². The molecule has 94 valence electrons. The molecule has 0 spiro atoms. The predicted octanol–water partition coefficient (Wildman–Crippen LogP) is 4.13. The molecule has 1 unspecified atom stereocenters. The molecule has 0 radical (unpaired) electrons. The van der Waals surface area contributed by atoms with Crippen LogP contribution in [0.3, 0.4) is 0 Å². The summed E-state index contributed by atoms with van der Waals surface area (Å²) in [5.41, 5.74) is 11.2. The molecule has 1 nitrogen and oxygen atoms in total. The van der Waals surface area contributed by atoms with Crippen LogP contribution < -0.4 is 5.73 Å². The lowest BCUT2D eigenvalue weighted by Crippen LogP contribution is -2.07. The molecular formula is C16H18FN. The summed E-state index contributed by atoms with van der Waals surface area (Å²) >= 11 is 0.